The van der Waals surface area contributed by atoms with E-state index in [2.05, 4.69) is 79.9 Å². The number of aromatic amines is 1. The minimum absolute atomic E-state index is 0.878. The molecule has 21 heavy (non-hydrogen) atoms. The summed E-state index contributed by atoms with van der Waals surface area (Å²) in [5.41, 5.74) is 4.43. The van der Waals surface area contributed by atoms with Crippen LogP contribution in [0.1, 0.15) is 11.4 Å². The van der Waals surface area contributed by atoms with Crippen LogP contribution in [0.5, 0.6) is 0 Å². The van der Waals surface area contributed by atoms with Crippen molar-refractivity contribution in [3.63, 3.8) is 0 Å². The molecule has 0 aliphatic heterocycles. The van der Waals surface area contributed by atoms with Gasteiger partial charge in [-0.05, 0) is 64.6 Å². The number of benzene rings is 2. The van der Waals surface area contributed by atoms with Crippen LogP contribution in [0, 0.1) is 3.57 Å². The summed E-state index contributed by atoms with van der Waals surface area (Å²) in [4.78, 5) is 9.98. The molecule has 0 spiro atoms. The SMILES string of the molecule is CN(C)c1ccc(/C=C/c2nc3ccc(I)cc3[nH]2)cc1. The van der Waals surface area contributed by atoms with Gasteiger partial charge in [0.05, 0.1) is 11.0 Å². The van der Waals surface area contributed by atoms with Gasteiger partial charge in [-0.3, -0.25) is 0 Å². The van der Waals surface area contributed by atoms with E-state index in [4.69, 9.17) is 0 Å². The summed E-state index contributed by atoms with van der Waals surface area (Å²) in [7, 11) is 4.08. The number of nitrogens with zero attached hydrogens (tertiary/aromatic N) is 2. The third-order valence-corrected chi connectivity index (χ3v) is 3.98. The molecule has 3 aromatic rings. The molecule has 1 heterocycles. The summed E-state index contributed by atoms with van der Waals surface area (Å²) in [5.74, 6) is 0.878. The Labute approximate surface area is 137 Å². The Morgan fingerprint density at radius 1 is 1.05 bits per heavy atom. The summed E-state index contributed by atoms with van der Waals surface area (Å²) in [6, 6.07) is 14.6. The third kappa shape index (κ3) is 3.26. The standard InChI is InChI=1S/C17H16IN3/c1-21(2)14-7-3-12(4-8-14)5-10-17-19-15-9-6-13(18)11-16(15)20-17/h3-11H,1-2H3,(H,19,20)/b10-5+. The van der Waals surface area contributed by atoms with Crippen molar-refractivity contribution in [1.29, 1.82) is 0 Å². The molecule has 0 atom stereocenters. The predicted molar refractivity (Wildman–Crippen MR) is 98.5 cm³/mol. The Hall–Kier alpha value is -1.82. The summed E-state index contributed by atoms with van der Waals surface area (Å²) in [5, 5.41) is 0. The molecule has 3 nitrogen and oxygen atoms in total. The highest BCUT2D eigenvalue weighted by molar-refractivity contribution is 14.1. The molecule has 4 heteroatoms. The number of halogens is 1. The van der Waals surface area contributed by atoms with E-state index >= 15 is 0 Å². The van der Waals surface area contributed by atoms with Crippen LogP contribution in [-0.4, -0.2) is 24.1 Å². The third-order valence-electron chi connectivity index (χ3n) is 3.31. The maximum atomic E-state index is 4.56. The van der Waals surface area contributed by atoms with Crippen LogP contribution in [0.15, 0.2) is 42.5 Å². The molecule has 2 aromatic carbocycles. The zero-order valence-electron chi connectivity index (χ0n) is 12.0. The van der Waals surface area contributed by atoms with Crippen LogP contribution < -0.4 is 4.90 Å². The average Bonchev–Trinajstić information content (AvgIpc) is 2.87. The number of rotatable bonds is 3. The smallest absolute Gasteiger partial charge is 0.131 e. The van der Waals surface area contributed by atoms with Gasteiger partial charge in [0.1, 0.15) is 5.82 Å². The van der Waals surface area contributed by atoms with Crippen LogP contribution in [0.2, 0.25) is 0 Å². The first-order chi connectivity index (χ1) is 10.1. The zero-order valence-corrected chi connectivity index (χ0v) is 14.1. The minimum atomic E-state index is 0.878. The first-order valence-corrected chi connectivity index (χ1v) is 7.80. The van der Waals surface area contributed by atoms with Crippen LogP contribution in [0.25, 0.3) is 23.2 Å². The summed E-state index contributed by atoms with van der Waals surface area (Å²) in [6.07, 6.45) is 4.08. The second-order valence-corrected chi connectivity index (χ2v) is 6.35. The van der Waals surface area contributed by atoms with Crippen molar-refractivity contribution in [1.82, 2.24) is 9.97 Å². The number of hydrogen-bond acceptors (Lipinski definition) is 2. The molecule has 0 radical (unpaired) electrons. The number of anilines is 1. The van der Waals surface area contributed by atoms with Gasteiger partial charge < -0.3 is 9.88 Å². The van der Waals surface area contributed by atoms with E-state index in [0.29, 0.717) is 0 Å². The van der Waals surface area contributed by atoms with Crippen molar-refractivity contribution in [2.75, 3.05) is 19.0 Å². The van der Waals surface area contributed by atoms with Gasteiger partial charge in [-0.2, -0.15) is 0 Å². The van der Waals surface area contributed by atoms with Gasteiger partial charge in [0.2, 0.25) is 0 Å². The van der Waals surface area contributed by atoms with Crippen molar-refractivity contribution in [3.8, 4) is 0 Å². The molecule has 0 saturated carbocycles. The van der Waals surface area contributed by atoms with Gasteiger partial charge in [0.15, 0.2) is 0 Å². The lowest BCUT2D eigenvalue weighted by Crippen LogP contribution is -2.07. The maximum Gasteiger partial charge on any atom is 0.131 e. The van der Waals surface area contributed by atoms with E-state index in [9.17, 15) is 0 Å². The number of imidazole rings is 1. The molecule has 106 valence electrons. The molecule has 0 fully saturated rings. The van der Waals surface area contributed by atoms with Crippen LogP contribution in [0.4, 0.5) is 5.69 Å². The van der Waals surface area contributed by atoms with Gasteiger partial charge in [0, 0.05) is 23.4 Å². The van der Waals surface area contributed by atoms with Crippen LogP contribution in [0.3, 0.4) is 0 Å². The van der Waals surface area contributed by atoms with Gasteiger partial charge in [-0.25, -0.2) is 4.98 Å². The fourth-order valence-electron chi connectivity index (χ4n) is 2.14. The molecular formula is C17H16IN3. The summed E-state index contributed by atoms with van der Waals surface area (Å²) >= 11 is 2.31. The maximum absolute atomic E-state index is 4.56. The van der Waals surface area contributed by atoms with E-state index in [1.807, 2.05) is 26.2 Å². The molecule has 0 unspecified atom stereocenters. The molecule has 0 saturated heterocycles. The molecule has 0 bridgehead atoms. The fraction of sp³-hybridized carbons (Fsp3) is 0.118. The molecule has 1 aromatic heterocycles. The normalized spacial score (nSPS) is 11.4. The Morgan fingerprint density at radius 3 is 2.52 bits per heavy atom. The number of aromatic nitrogens is 2. The predicted octanol–water partition coefficient (Wildman–Crippen LogP) is 4.40. The average molecular weight is 389 g/mol. The molecule has 0 aliphatic rings. The van der Waals surface area contributed by atoms with Crippen molar-refractivity contribution < 1.29 is 0 Å². The van der Waals surface area contributed by atoms with E-state index in [0.717, 1.165) is 22.4 Å². The van der Waals surface area contributed by atoms with Crippen molar-refractivity contribution in [3.05, 3.63) is 57.4 Å². The first-order valence-electron chi connectivity index (χ1n) is 6.72. The van der Waals surface area contributed by atoms with Crippen molar-refractivity contribution in [2.45, 2.75) is 0 Å². The lowest BCUT2D eigenvalue weighted by Gasteiger charge is -2.11. The summed E-state index contributed by atoms with van der Waals surface area (Å²) < 4.78 is 1.21. The number of nitrogens with one attached hydrogen (secondary N) is 1. The summed E-state index contributed by atoms with van der Waals surface area (Å²) in [6.45, 7) is 0. The Balaban J connectivity index is 1.83. The van der Waals surface area contributed by atoms with E-state index in [-0.39, 0.29) is 0 Å². The molecule has 1 N–H and O–H groups in total. The highest BCUT2D eigenvalue weighted by Crippen LogP contribution is 2.17. The number of H-pyrrole nitrogens is 1. The second-order valence-electron chi connectivity index (χ2n) is 5.10. The highest BCUT2D eigenvalue weighted by atomic mass is 127. The van der Waals surface area contributed by atoms with E-state index in [1.165, 1.54) is 9.26 Å². The van der Waals surface area contributed by atoms with E-state index in [1.54, 1.807) is 0 Å². The molecular weight excluding hydrogens is 373 g/mol. The zero-order chi connectivity index (χ0) is 14.8. The monoisotopic (exact) mass is 389 g/mol. The van der Waals surface area contributed by atoms with Crippen LogP contribution >= 0.6 is 22.6 Å². The minimum Gasteiger partial charge on any atom is -0.378 e. The Morgan fingerprint density at radius 2 is 1.81 bits per heavy atom. The molecule has 0 amide bonds. The lowest BCUT2D eigenvalue weighted by molar-refractivity contribution is 1.13. The first kappa shape index (κ1) is 14.1. The molecule has 3 rings (SSSR count). The Bertz CT molecular complexity index is 785. The topological polar surface area (TPSA) is 31.9 Å². The highest BCUT2D eigenvalue weighted by Gasteiger charge is 2.00. The van der Waals surface area contributed by atoms with Gasteiger partial charge in [0.25, 0.3) is 0 Å². The van der Waals surface area contributed by atoms with Gasteiger partial charge in [-0.1, -0.05) is 18.2 Å². The number of fused-ring (bicyclic) bond motifs is 1. The second kappa shape index (κ2) is 5.89. The van der Waals surface area contributed by atoms with Crippen molar-refractivity contribution in [2.24, 2.45) is 0 Å². The van der Waals surface area contributed by atoms with Gasteiger partial charge in [-0.15, -0.1) is 0 Å². The fourth-order valence-corrected chi connectivity index (χ4v) is 2.63. The van der Waals surface area contributed by atoms with Crippen LogP contribution in [-0.2, 0) is 0 Å². The van der Waals surface area contributed by atoms with Gasteiger partial charge >= 0.3 is 0 Å². The Kier molecular flexibility index (Phi) is 3.96. The molecule has 0 aliphatic carbocycles. The van der Waals surface area contributed by atoms with Crippen molar-refractivity contribution >= 4 is 51.5 Å². The van der Waals surface area contributed by atoms with E-state index < -0.39 is 0 Å². The lowest BCUT2D eigenvalue weighted by atomic mass is 10.2. The quantitative estimate of drug-likeness (QED) is 0.674. The largest absolute Gasteiger partial charge is 0.378 e. The number of hydrogen-bond donors (Lipinski definition) is 1.